The maximum Gasteiger partial charge on any atom is 0.274 e. The Kier molecular flexibility index (Phi) is 6.19. The summed E-state index contributed by atoms with van der Waals surface area (Å²) in [5, 5.41) is 4.80. The van der Waals surface area contributed by atoms with E-state index in [4.69, 9.17) is 4.52 Å². The molecule has 34 heavy (non-hydrogen) atoms. The molecule has 6 nitrogen and oxygen atoms in total. The summed E-state index contributed by atoms with van der Waals surface area (Å²) in [5.74, 6) is 0.0101. The Morgan fingerprint density at radius 3 is 2.41 bits per heavy atom. The molecule has 0 saturated carbocycles. The number of aryl methyl sites for hydroxylation is 1. The topological polar surface area (TPSA) is 72.1 Å². The summed E-state index contributed by atoms with van der Waals surface area (Å²) in [5.41, 5.74) is 1.82. The molecule has 1 fully saturated rings. The monoisotopic (exact) mass is 480 g/mol. The molecule has 0 bridgehead atoms. The lowest BCUT2D eigenvalue weighted by Gasteiger charge is -2.34. The molecule has 1 aliphatic rings. The Hall–Kier alpha value is -3.46. The molecule has 4 aromatic rings. The maximum absolute atomic E-state index is 13.6. The van der Waals surface area contributed by atoms with Gasteiger partial charge in [0.05, 0.1) is 9.88 Å². The van der Waals surface area contributed by atoms with Crippen molar-refractivity contribution in [2.75, 3.05) is 6.54 Å². The lowest BCUT2D eigenvalue weighted by atomic mass is 9.98. The first kappa shape index (κ1) is 22.3. The number of halogens is 2. The van der Waals surface area contributed by atoms with Crippen LogP contribution < -0.4 is 0 Å². The first-order valence-corrected chi connectivity index (χ1v) is 11.9. The average Bonchev–Trinajstić information content (AvgIpc) is 3.47. The molecule has 0 N–H and O–H groups in total. The van der Waals surface area contributed by atoms with Crippen molar-refractivity contribution in [3.63, 3.8) is 0 Å². The summed E-state index contributed by atoms with van der Waals surface area (Å²) in [7, 11) is 0. The second-order valence-electron chi connectivity index (χ2n) is 8.29. The zero-order chi connectivity index (χ0) is 23.7. The normalized spacial score (nSPS) is 16.1. The number of thiazole rings is 1. The van der Waals surface area contributed by atoms with Crippen molar-refractivity contribution in [3.05, 3.63) is 76.8 Å². The van der Waals surface area contributed by atoms with Crippen LogP contribution in [0.2, 0.25) is 0 Å². The number of likely N-dealkylation sites (tertiary alicyclic amines) is 1. The highest BCUT2D eigenvalue weighted by atomic mass is 32.1. The minimum atomic E-state index is -0.332. The minimum absolute atomic E-state index is 0.106. The average molecular weight is 481 g/mol. The first-order valence-electron chi connectivity index (χ1n) is 11.1. The standard InChI is InChI=1S/C25H22F2N4O2S/c1-15-28-22(23(34-15)16-5-9-18(26)10-6-16)25(32)31-13-3-2-4-20(31)14-21-29-24(30-33-21)17-7-11-19(27)12-8-17/h5-12,20H,2-4,13-14H2,1H3. The molecule has 3 heterocycles. The van der Waals surface area contributed by atoms with Gasteiger partial charge in [0.1, 0.15) is 17.3 Å². The van der Waals surface area contributed by atoms with Crippen molar-refractivity contribution in [1.82, 2.24) is 20.0 Å². The molecule has 174 valence electrons. The molecule has 9 heteroatoms. The summed E-state index contributed by atoms with van der Waals surface area (Å²) < 4.78 is 32.1. The van der Waals surface area contributed by atoms with Crippen molar-refractivity contribution >= 4 is 17.2 Å². The third-order valence-electron chi connectivity index (χ3n) is 5.91. The molecular weight excluding hydrogens is 458 g/mol. The van der Waals surface area contributed by atoms with Gasteiger partial charge in [-0.05, 0) is 68.1 Å². The lowest BCUT2D eigenvalue weighted by Crippen LogP contribution is -2.45. The fourth-order valence-electron chi connectivity index (χ4n) is 4.24. The fourth-order valence-corrected chi connectivity index (χ4v) is 5.16. The molecule has 1 aliphatic heterocycles. The van der Waals surface area contributed by atoms with E-state index < -0.39 is 0 Å². The number of carbonyl (C=O) groups is 1. The molecular formula is C25H22F2N4O2S. The van der Waals surface area contributed by atoms with Gasteiger partial charge >= 0.3 is 0 Å². The summed E-state index contributed by atoms with van der Waals surface area (Å²) in [6.07, 6.45) is 3.14. The second kappa shape index (κ2) is 9.42. The number of carbonyl (C=O) groups excluding carboxylic acids is 1. The third kappa shape index (κ3) is 4.61. The van der Waals surface area contributed by atoms with E-state index in [-0.39, 0.29) is 23.6 Å². The van der Waals surface area contributed by atoms with Crippen LogP contribution in [0.5, 0.6) is 0 Å². The summed E-state index contributed by atoms with van der Waals surface area (Å²) >= 11 is 1.42. The van der Waals surface area contributed by atoms with Crippen LogP contribution in [0.3, 0.4) is 0 Å². The molecule has 0 aliphatic carbocycles. The molecule has 5 rings (SSSR count). The number of hydrogen-bond acceptors (Lipinski definition) is 6. The number of hydrogen-bond donors (Lipinski definition) is 0. The van der Waals surface area contributed by atoms with Crippen molar-refractivity contribution in [1.29, 1.82) is 0 Å². The second-order valence-corrected chi connectivity index (χ2v) is 9.49. The SMILES string of the molecule is Cc1nc(C(=O)N2CCCCC2Cc2nc(-c3ccc(F)cc3)no2)c(-c2ccc(F)cc2)s1. The smallest absolute Gasteiger partial charge is 0.274 e. The van der Waals surface area contributed by atoms with E-state index in [1.54, 1.807) is 24.3 Å². The van der Waals surface area contributed by atoms with Crippen molar-refractivity contribution < 1.29 is 18.1 Å². The van der Waals surface area contributed by atoms with E-state index in [1.165, 1.54) is 35.6 Å². The molecule has 2 aromatic carbocycles. The van der Waals surface area contributed by atoms with Gasteiger partial charge in [0.2, 0.25) is 11.7 Å². The van der Waals surface area contributed by atoms with Gasteiger partial charge in [0.25, 0.3) is 5.91 Å². The predicted octanol–water partition coefficient (Wildman–Crippen LogP) is 5.68. The van der Waals surface area contributed by atoms with Crippen molar-refractivity contribution in [2.24, 2.45) is 0 Å². The molecule has 2 aromatic heterocycles. The molecule has 1 atom stereocenters. The van der Waals surface area contributed by atoms with Crippen LogP contribution in [-0.2, 0) is 6.42 Å². The lowest BCUT2D eigenvalue weighted by molar-refractivity contribution is 0.0598. The van der Waals surface area contributed by atoms with E-state index >= 15 is 0 Å². The van der Waals surface area contributed by atoms with E-state index in [9.17, 15) is 13.6 Å². The Morgan fingerprint density at radius 2 is 1.71 bits per heavy atom. The van der Waals surface area contributed by atoms with Gasteiger partial charge in [-0.15, -0.1) is 11.3 Å². The number of benzene rings is 2. The number of aromatic nitrogens is 3. The number of amides is 1. The van der Waals surface area contributed by atoms with Crippen LogP contribution in [0, 0.1) is 18.6 Å². The molecule has 1 saturated heterocycles. The van der Waals surface area contributed by atoms with E-state index in [1.807, 2.05) is 11.8 Å². The summed E-state index contributed by atoms with van der Waals surface area (Å²) in [6.45, 7) is 2.47. The van der Waals surface area contributed by atoms with Gasteiger partial charge in [-0.25, -0.2) is 13.8 Å². The molecule has 0 radical (unpaired) electrons. The van der Waals surface area contributed by atoms with E-state index in [0.29, 0.717) is 35.9 Å². The maximum atomic E-state index is 13.6. The van der Waals surface area contributed by atoms with Gasteiger partial charge < -0.3 is 9.42 Å². The number of piperidine rings is 1. The Morgan fingerprint density at radius 1 is 1.03 bits per heavy atom. The molecule has 1 amide bonds. The third-order valence-corrected chi connectivity index (χ3v) is 6.93. The van der Waals surface area contributed by atoms with Crippen LogP contribution in [0.1, 0.15) is 40.6 Å². The van der Waals surface area contributed by atoms with Crippen LogP contribution in [-0.4, -0.2) is 38.5 Å². The highest BCUT2D eigenvalue weighted by Gasteiger charge is 2.32. The zero-order valence-corrected chi connectivity index (χ0v) is 19.3. The van der Waals surface area contributed by atoms with Crippen LogP contribution in [0.25, 0.3) is 21.8 Å². The largest absolute Gasteiger partial charge is 0.339 e. The molecule has 1 unspecified atom stereocenters. The van der Waals surface area contributed by atoms with Crippen LogP contribution >= 0.6 is 11.3 Å². The van der Waals surface area contributed by atoms with Crippen molar-refractivity contribution in [3.8, 4) is 21.8 Å². The zero-order valence-electron chi connectivity index (χ0n) is 18.5. The fraction of sp³-hybridized carbons (Fsp3) is 0.280. The van der Waals surface area contributed by atoms with Gasteiger partial charge in [-0.3, -0.25) is 4.79 Å². The quantitative estimate of drug-likeness (QED) is 0.367. The van der Waals surface area contributed by atoms with Crippen molar-refractivity contribution in [2.45, 2.75) is 38.6 Å². The summed E-state index contributed by atoms with van der Waals surface area (Å²) in [6, 6.07) is 11.9. The molecule has 0 spiro atoms. The Balaban J connectivity index is 1.38. The van der Waals surface area contributed by atoms with Crippen LogP contribution in [0.15, 0.2) is 53.1 Å². The van der Waals surface area contributed by atoms with Gasteiger partial charge in [0.15, 0.2) is 0 Å². The number of rotatable bonds is 5. The highest BCUT2D eigenvalue weighted by Crippen LogP contribution is 2.33. The first-order chi connectivity index (χ1) is 16.5. The van der Waals surface area contributed by atoms with E-state index in [2.05, 4.69) is 15.1 Å². The Labute approximate surface area is 199 Å². The van der Waals surface area contributed by atoms with Crippen LogP contribution in [0.4, 0.5) is 8.78 Å². The summed E-state index contributed by atoms with van der Waals surface area (Å²) in [4.78, 5) is 25.2. The number of nitrogens with zero attached hydrogens (tertiary/aromatic N) is 4. The predicted molar refractivity (Wildman–Crippen MR) is 124 cm³/mol. The van der Waals surface area contributed by atoms with Gasteiger partial charge in [0, 0.05) is 24.6 Å². The minimum Gasteiger partial charge on any atom is -0.339 e. The van der Waals surface area contributed by atoms with E-state index in [0.717, 1.165) is 34.7 Å². The Bertz CT molecular complexity index is 1300. The highest BCUT2D eigenvalue weighted by molar-refractivity contribution is 7.15. The van der Waals surface area contributed by atoms with Gasteiger partial charge in [-0.2, -0.15) is 4.98 Å². The van der Waals surface area contributed by atoms with Gasteiger partial charge in [-0.1, -0.05) is 17.3 Å².